The summed E-state index contributed by atoms with van der Waals surface area (Å²) in [5.41, 5.74) is 5.18. The highest BCUT2D eigenvalue weighted by Crippen LogP contribution is 2.11. The number of unbranched alkanes of at least 4 members (excludes halogenated alkanes) is 1. The van der Waals surface area contributed by atoms with E-state index in [0.717, 1.165) is 0 Å². The summed E-state index contributed by atoms with van der Waals surface area (Å²) in [5, 5.41) is 2.62. The molecular weight excluding hydrogens is 334 g/mol. The Hall–Kier alpha value is -2.20. The van der Waals surface area contributed by atoms with Crippen LogP contribution >= 0.6 is 0 Å². The summed E-state index contributed by atoms with van der Waals surface area (Å²) in [6.07, 6.45) is 1.49. The summed E-state index contributed by atoms with van der Waals surface area (Å²) >= 11 is 0. The zero-order valence-electron chi connectivity index (χ0n) is 14.9. The molecule has 1 amide bonds. The molecule has 1 atom stereocenters. The van der Waals surface area contributed by atoms with Crippen LogP contribution < -0.4 is 11.1 Å². The molecule has 0 aromatic carbocycles. The third kappa shape index (κ3) is 9.62. The van der Waals surface area contributed by atoms with Gasteiger partial charge >= 0.3 is 17.9 Å². The first-order chi connectivity index (χ1) is 11.9. The lowest BCUT2D eigenvalue weighted by atomic mass is 10.1. The lowest BCUT2D eigenvalue weighted by molar-refractivity contribution is -0.153. The molecule has 10 nitrogen and oxygen atoms in total. The molecule has 144 valence electrons. The maximum absolute atomic E-state index is 12.1. The highest BCUT2D eigenvalue weighted by atomic mass is 16.5. The zero-order valence-corrected chi connectivity index (χ0v) is 14.9. The molecule has 0 saturated carbocycles. The van der Waals surface area contributed by atoms with Gasteiger partial charge in [0.15, 0.2) is 0 Å². The van der Waals surface area contributed by atoms with Gasteiger partial charge in [0.05, 0.1) is 41.0 Å². The fourth-order valence-corrected chi connectivity index (χ4v) is 2.09. The number of rotatable bonds is 12. The van der Waals surface area contributed by atoms with Gasteiger partial charge in [0.2, 0.25) is 5.91 Å². The van der Waals surface area contributed by atoms with Gasteiger partial charge in [-0.05, 0) is 19.3 Å². The third-order valence-electron chi connectivity index (χ3n) is 3.45. The van der Waals surface area contributed by atoms with Crippen molar-refractivity contribution in [2.45, 2.75) is 25.3 Å². The second kappa shape index (κ2) is 13.1. The van der Waals surface area contributed by atoms with Crippen molar-refractivity contribution in [2.24, 2.45) is 5.73 Å². The quantitative estimate of drug-likeness (QED) is 0.240. The first kappa shape index (κ1) is 22.8. The molecule has 0 rings (SSSR count). The van der Waals surface area contributed by atoms with Gasteiger partial charge in [0.25, 0.3) is 0 Å². The Balaban J connectivity index is 4.82. The molecule has 0 aliphatic carbocycles. The molecule has 0 aromatic heterocycles. The average Bonchev–Trinajstić information content (AvgIpc) is 2.62. The molecule has 25 heavy (non-hydrogen) atoms. The molecule has 0 spiro atoms. The van der Waals surface area contributed by atoms with Crippen LogP contribution in [0.15, 0.2) is 0 Å². The molecule has 0 saturated heterocycles. The smallest absolute Gasteiger partial charge is 0.323 e. The van der Waals surface area contributed by atoms with Crippen molar-refractivity contribution in [2.75, 3.05) is 47.5 Å². The Kier molecular flexibility index (Phi) is 12.0. The van der Waals surface area contributed by atoms with Crippen molar-refractivity contribution < 1.29 is 33.4 Å². The molecule has 0 bridgehead atoms. The van der Waals surface area contributed by atoms with Crippen LogP contribution in [-0.2, 0) is 33.4 Å². The summed E-state index contributed by atoms with van der Waals surface area (Å²) < 4.78 is 14.0. The number of nitrogens with one attached hydrogen (secondary N) is 1. The molecule has 0 unspecified atom stereocenters. The van der Waals surface area contributed by atoms with Gasteiger partial charge in [-0.15, -0.1) is 0 Å². The van der Waals surface area contributed by atoms with E-state index in [-0.39, 0.29) is 25.5 Å². The van der Waals surface area contributed by atoms with Crippen LogP contribution in [0.4, 0.5) is 0 Å². The number of hydrogen-bond donors (Lipinski definition) is 2. The fourth-order valence-electron chi connectivity index (χ4n) is 2.09. The highest BCUT2D eigenvalue weighted by Gasteiger charge is 2.30. The monoisotopic (exact) mass is 361 g/mol. The van der Waals surface area contributed by atoms with Crippen molar-refractivity contribution in [3.63, 3.8) is 0 Å². The summed E-state index contributed by atoms with van der Waals surface area (Å²) in [6.45, 7) is -0.181. The second-order valence-corrected chi connectivity index (χ2v) is 5.15. The van der Waals surface area contributed by atoms with Crippen molar-refractivity contribution in [1.82, 2.24) is 10.2 Å². The van der Waals surface area contributed by atoms with Gasteiger partial charge in [-0.1, -0.05) is 0 Å². The van der Waals surface area contributed by atoms with Crippen molar-refractivity contribution in [3.8, 4) is 0 Å². The number of methoxy groups -OCH3 is 3. The van der Waals surface area contributed by atoms with E-state index < -0.39 is 23.9 Å². The number of nitrogens with two attached hydrogens (primary N) is 1. The van der Waals surface area contributed by atoms with Crippen molar-refractivity contribution >= 4 is 23.8 Å². The average molecular weight is 361 g/mol. The lowest BCUT2D eigenvalue weighted by Crippen LogP contribution is -2.47. The number of ether oxygens (including phenoxy) is 3. The molecule has 0 fully saturated rings. The molecule has 0 radical (unpaired) electrons. The zero-order chi connectivity index (χ0) is 19.2. The van der Waals surface area contributed by atoms with E-state index in [9.17, 15) is 19.2 Å². The third-order valence-corrected chi connectivity index (χ3v) is 3.45. The summed E-state index contributed by atoms with van der Waals surface area (Å²) in [6, 6.07) is -0.812. The molecule has 0 aliphatic heterocycles. The van der Waals surface area contributed by atoms with Crippen LogP contribution in [0.5, 0.6) is 0 Å². The lowest BCUT2D eigenvalue weighted by Gasteiger charge is -2.27. The van der Waals surface area contributed by atoms with Gasteiger partial charge in [-0.2, -0.15) is 0 Å². The Labute approximate surface area is 146 Å². The molecule has 0 heterocycles. The van der Waals surface area contributed by atoms with E-state index in [1.54, 1.807) is 0 Å². The minimum Gasteiger partial charge on any atom is -0.468 e. The fraction of sp³-hybridized carbons (Fsp3) is 0.733. The van der Waals surface area contributed by atoms with E-state index >= 15 is 0 Å². The molecule has 0 aliphatic rings. The van der Waals surface area contributed by atoms with Gasteiger partial charge in [-0.3, -0.25) is 24.1 Å². The van der Waals surface area contributed by atoms with Gasteiger partial charge in [0.1, 0.15) is 6.04 Å². The highest BCUT2D eigenvalue weighted by molar-refractivity contribution is 5.80. The van der Waals surface area contributed by atoms with Crippen LogP contribution in [-0.4, -0.2) is 82.3 Å². The molecular formula is C15H27N3O7. The number of esters is 3. The van der Waals surface area contributed by atoms with Crippen LogP contribution in [0.2, 0.25) is 0 Å². The molecule has 0 aromatic rings. The van der Waals surface area contributed by atoms with E-state index in [2.05, 4.69) is 14.8 Å². The van der Waals surface area contributed by atoms with Crippen molar-refractivity contribution in [1.29, 1.82) is 0 Å². The van der Waals surface area contributed by atoms with Crippen LogP contribution in [0, 0.1) is 0 Å². The first-order valence-corrected chi connectivity index (χ1v) is 7.81. The Morgan fingerprint density at radius 1 is 0.960 bits per heavy atom. The Bertz CT molecular complexity index is 438. The van der Waals surface area contributed by atoms with Gasteiger partial charge < -0.3 is 25.3 Å². The largest absolute Gasteiger partial charge is 0.468 e. The summed E-state index contributed by atoms with van der Waals surface area (Å²) in [4.78, 5) is 47.6. The SMILES string of the molecule is COC(=O)CN(CC(=O)OC)[C@@H](CCCCNC(=O)CN)C(=O)OC. The van der Waals surface area contributed by atoms with Gasteiger partial charge in [-0.25, -0.2) is 0 Å². The second-order valence-electron chi connectivity index (χ2n) is 5.15. The number of nitrogens with zero attached hydrogens (tertiary/aromatic N) is 1. The van der Waals surface area contributed by atoms with E-state index in [0.29, 0.717) is 25.8 Å². The standard InChI is InChI=1S/C15H27N3O7/c1-23-13(20)9-18(10-14(21)24-2)11(15(22)25-3)6-4-5-7-17-12(19)8-16/h11H,4-10,16H2,1-3H3,(H,17,19)/t11-/m0/s1. The summed E-state index contributed by atoms with van der Waals surface area (Å²) in [7, 11) is 3.66. The minimum atomic E-state index is -0.812. The predicted octanol–water partition coefficient (Wildman–Crippen LogP) is -1.58. The number of carbonyl (C=O) groups excluding carboxylic acids is 4. The maximum Gasteiger partial charge on any atom is 0.323 e. The Morgan fingerprint density at radius 3 is 1.96 bits per heavy atom. The van der Waals surface area contributed by atoms with Crippen LogP contribution in [0.3, 0.4) is 0 Å². The van der Waals surface area contributed by atoms with E-state index in [1.807, 2.05) is 0 Å². The maximum atomic E-state index is 12.1. The predicted molar refractivity (Wildman–Crippen MR) is 87.3 cm³/mol. The van der Waals surface area contributed by atoms with E-state index in [4.69, 9.17) is 10.5 Å². The molecule has 3 N–H and O–H groups in total. The summed E-state index contributed by atoms with van der Waals surface area (Å²) in [5.74, 6) is -2.01. The first-order valence-electron chi connectivity index (χ1n) is 7.81. The van der Waals surface area contributed by atoms with E-state index in [1.165, 1.54) is 26.2 Å². The number of amides is 1. The Morgan fingerprint density at radius 2 is 1.52 bits per heavy atom. The van der Waals surface area contributed by atoms with Crippen LogP contribution in [0.1, 0.15) is 19.3 Å². The number of carbonyl (C=O) groups is 4. The normalized spacial score (nSPS) is 11.6. The topological polar surface area (TPSA) is 137 Å². The van der Waals surface area contributed by atoms with Crippen LogP contribution in [0.25, 0.3) is 0 Å². The van der Waals surface area contributed by atoms with Gasteiger partial charge in [0, 0.05) is 6.54 Å². The number of hydrogen-bond acceptors (Lipinski definition) is 9. The minimum absolute atomic E-state index is 0.0865. The molecule has 10 heteroatoms. The van der Waals surface area contributed by atoms with Crippen molar-refractivity contribution in [3.05, 3.63) is 0 Å².